The summed E-state index contributed by atoms with van der Waals surface area (Å²) in [6, 6.07) is 3.16. The zero-order valence-corrected chi connectivity index (χ0v) is 17.8. The van der Waals surface area contributed by atoms with Crippen molar-refractivity contribution in [3.8, 4) is 0 Å². The van der Waals surface area contributed by atoms with Gasteiger partial charge < -0.3 is 15.4 Å². The second kappa shape index (κ2) is 9.97. The molecule has 0 heterocycles. The van der Waals surface area contributed by atoms with Crippen molar-refractivity contribution < 1.29 is 27.1 Å². The fourth-order valence-electron chi connectivity index (χ4n) is 3.05. The lowest BCUT2D eigenvalue weighted by Crippen LogP contribution is -2.48. The summed E-state index contributed by atoms with van der Waals surface area (Å²) in [5.74, 6) is -1.55. The molecule has 160 valence electrons. The number of alkyl carbamates (subject to hydrolysis) is 1. The lowest BCUT2D eigenvalue weighted by molar-refractivity contribution is 0.0975. The first-order valence-electron chi connectivity index (χ1n) is 9.15. The van der Waals surface area contributed by atoms with Crippen molar-refractivity contribution >= 4 is 39.2 Å². The molecule has 1 aliphatic carbocycles. The monoisotopic (exact) mass is 445 g/mol. The molecule has 0 atom stereocenters. The first kappa shape index (κ1) is 23.0. The molecular formula is C18H24FN3O5S2. The minimum Gasteiger partial charge on any atom is -0.450 e. The van der Waals surface area contributed by atoms with Crippen LogP contribution in [-0.4, -0.2) is 50.5 Å². The van der Waals surface area contributed by atoms with E-state index in [0.29, 0.717) is 6.61 Å². The fourth-order valence-corrected chi connectivity index (χ4v) is 4.07. The van der Waals surface area contributed by atoms with Gasteiger partial charge in [-0.15, -0.1) is 0 Å². The van der Waals surface area contributed by atoms with E-state index in [-0.39, 0.29) is 22.8 Å². The molecule has 0 unspecified atom stereocenters. The van der Waals surface area contributed by atoms with E-state index >= 15 is 0 Å². The molecule has 29 heavy (non-hydrogen) atoms. The summed E-state index contributed by atoms with van der Waals surface area (Å²) >= 11 is 5.15. The number of sulfone groups is 1. The number of thiocarbonyl (C=S) groups is 1. The van der Waals surface area contributed by atoms with Gasteiger partial charge in [-0.05, 0) is 63.0 Å². The Bertz CT molecular complexity index is 883. The Kier molecular flexibility index (Phi) is 7.91. The molecular weight excluding hydrogens is 421 g/mol. The third kappa shape index (κ3) is 6.93. The quantitative estimate of drug-likeness (QED) is 0.593. The van der Waals surface area contributed by atoms with Crippen LogP contribution in [0.4, 0.5) is 9.18 Å². The topological polar surface area (TPSA) is 114 Å². The summed E-state index contributed by atoms with van der Waals surface area (Å²) < 4.78 is 41.7. The number of carbonyl (C=O) groups excluding carboxylic acids is 2. The Morgan fingerprint density at radius 2 is 1.76 bits per heavy atom. The Balaban J connectivity index is 1.86. The van der Waals surface area contributed by atoms with Crippen LogP contribution in [0.5, 0.6) is 0 Å². The molecule has 0 spiro atoms. The minimum absolute atomic E-state index is 0.0154. The summed E-state index contributed by atoms with van der Waals surface area (Å²) in [7, 11) is -3.80. The van der Waals surface area contributed by atoms with Crippen molar-refractivity contribution in [1.29, 1.82) is 0 Å². The van der Waals surface area contributed by atoms with Gasteiger partial charge in [0, 0.05) is 23.9 Å². The second-order valence-electron chi connectivity index (χ2n) is 6.76. The van der Waals surface area contributed by atoms with Crippen LogP contribution in [0.1, 0.15) is 43.0 Å². The van der Waals surface area contributed by atoms with E-state index in [0.717, 1.165) is 44.1 Å². The highest BCUT2D eigenvalue weighted by atomic mass is 32.2. The molecule has 2 rings (SSSR count). The zero-order chi connectivity index (χ0) is 21.6. The van der Waals surface area contributed by atoms with Crippen molar-refractivity contribution in [2.45, 2.75) is 49.6 Å². The third-order valence-electron chi connectivity index (χ3n) is 4.48. The van der Waals surface area contributed by atoms with Crippen molar-refractivity contribution in [3.05, 3.63) is 29.6 Å². The van der Waals surface area contributed by atoms with E-state index < -0.39 is 32.6 Å². The van der Waals surface area contributed by atoms with E-state index in [1.165, 1.54) is 6.07 Å². The molecule has 2 amide bonds. The molecule has 0 aliphatic heterocycles. The van der Waals surface area contributed by atoms with Gasteiger partial charge in [-0.3, -0.25) is 10.1 Å². The lowest BCUT2D eigenvalue weighted by atomic mass is 9.91. The largest absolute Gasteiger partial charge is 0.450 e. The highest BCUT2D eigenvalue weighted by Gasteiger charge is 2.24. The van der Waals surface area contributed by atoms with Crippen molar-refractivity contribution in [1.82, 2.24) is 16.0 Å². The predicted octanol–water partition coefficient (Wildman–Crippen LogP) is 1.89. The van der Waals surface area contributed by atoms with Gasteiger partial charge in [-0.2, -0.15) is 0 Å². The molecule has 1 aromatic rings. The number of halogens is 1. The van der Waals surface area contributed by atoms with Crippen molar-refractivity contribution in [3.63, 3.8) is 0 Å². The number of amides is 2. The maximum atomic E-state index is 13.7. The Hall–Kier alpha value is -2.27. The molecule has 1 aliphatic rings. The van der Waals surface area contributed by atoms with Crippen LogP contribution in [0.3, 0.4) is 0 Å². The van der Waals surface area contributed by atoms with Crippen LogP contribution < -0.4 is 16.0 Å². The van der Waals surface area contributed by atoms with E-state index in [1.54, 1.807) is 6.92 Å². The lowest BCUT2D eigenvalue weighted by Gasteiger charge is -2.30. The van der Waals surface area contributed by atoms with Gasteiger partial charge in [0.05, 0.1) is 6.61 Å². The summed E-state index contributed by atoms with van der Waals surface area (Å²) in [4.78, 5) is 23.2. The molecule has 0 bridgehead atoms. The van der Waals surface area contributed by atoms with Crippen LogP contribution in [0.15, 0.2) is 23.1 Å². The van der Waals surface area contributed by atoms with E-state index in [2.05, 4.69) is 16.0 Å². The summed E-state index contributed by atoms with van der Waals surface area (Å²) in [6.07, 6.45) is 3.39. The Morgan fingerprint density at radius 3 is 2.31 bits per heavy atom. The van der Waals surface area contributed by atoms with E-state index in [1.807, 2.05) is 0 Å². The number of carbonyl (C=O) groups is 2. The van der Waals surface area contributed by atoms with Gasteiger partial charge in [0.15, 0.2) is 14.9 Å². The molecule has 1 fully saturated rings. The third-order valence-corrected chi connectivity index (χ3v) is 5.81. The average Bonchev–Trinajstić information content (AvgIpc) is 2.62. The van der Waals surface area contributed by atoms with E-state index in [9.17, 15) is 22.4 Å². The molecule has 0 saturated heterocycles. The van der Waals surface area contributed by atoms with Gasteiger partial charge in [-0.25, -0.2) is 17.6 Å². The SMILES string of the molecule is CCOC(=O)N[C@H]1CC[C@H](NC(=S)NC(=O)c2ccc(F)c(S(C)(=O)=O)c2)CC1. The predicted molar refractivity (Wildman–Crippen MR) is 109 cm³/mol. The maximum Gasteiger partial charge on any atom is 0.407 e. The van der Waals surface area contributed by atoms with Crippen LogP contribution in [-0.2, 0) is 14.6 Å². The molecule has 0 radical (unpaired) electrons. The highest BCUT2D eigenvalue weighted by Crippen LogP contribution is 2.19. The van der Waals surface area contributed by atoms with Crippen molar-refractivity contribution in [2.24, 2.45) is 0 Å². The van der Waals surface area contributed by atoms with Crippen molar-refractivity contribution in [2.75, 3.05) is 12.9 Å². The smallest absolute Gasteiger partial charge is 0.407 e. The number of benzene rings is 1. The molecule has 3 N–H and O–H groups in total. The molecule has 1 aromatic carbocycles. The van der Waals surface area contributed by atoms with Gasteiger partial charge in [0.1, 0.15) is 10.7 Å². The number of nitrogens with one attached hydrogen (secondary N) is 3. The highest BCUT2D eigenvalue weighted by molar-refractivity contribution is 7.90. The summed E-state index contributed by atoms with van der Waals surface area (Å²) in [5, 5.41) is 8.41. The maximum absolute atomic E-state index is 13.7. The molecule has 0 aromatic heterocycles. The summed E-state index contributed by atoms with van der Waals surface area (Å²) in [5.41, 5.74) is -0.0154. The normalized spacial score (nSPS) is 19.1. The van der Waals surface area contributed by atoms with Gasteiger partial charge >= 0.3 is 6.09 Å². The minimum atomic E-state index is -3.80. The first-order valence-corrected chi connectivity index (χ1v) is 11.4. The summed E-state index contributed by atoms with van der Waals surface area (Å²) in [6.45, 7) is 2.06. The number of ether oxygens (including phenoxy) is 1. The Labute approximate surface area is 174 Å². The van der Waals surface area contributed by atoms with Gasteiger partial charge in [-0.1, -0.05) is 0 Å². The average molecular weight is 446 g/mol. The number of hydrogen-bond acceptors (Lipinski definition) is 6. The molecule has 11 heteroatoms. The number of hydrogen-bond donors (Lipinski definition) is 3. The van der Waals surface area contributed by atoms with Crippen LogP contribution >= 0.6 is 12.2 Å². The second-order valence-corrected chi connectivity index (χ2v) is 9.15. The van der Waals surface area contributed by atoms with Crippen LogP contribution in [0.25, 0.3) is 0 Å². The zero-order valence-electron chi connectivity index (χ0n) is 16.2. The number of rotatable bonds is 5. The van der Waals surface area contributed by atoms with Gasteiger partial charge in [0.25, 0.3) is 5.91 Å². The standard InChI is InChI=1S/C18H24FN3O5S2/c1-3-27-18(24)21-13-7-5-12(6-8-13)20-17(28)22-16(23)11-4-9-14(19)15(10-11)29(2,25)26/h4,9-10,12-13H,3,5-8H2,1-2H3,(H,21,24)(H2,20,22,23,28)/t12-,13-. The first-order chi connectivity index (χ1) is 13.6. The van der Waals surface area contributed by atoms with E-state index in [4.69, 9.17) is 17.0 Å². The molecule has 8 nitrogen and oxygen atoms in total. The fraction of sp³-hybridized carbons (Fsp3) is 0.500. The van der Waals surface area contributed by atoms with Crippen LogP contribution in [0.2, 0.25) is 0 Å². The molecule has 1 saturated carbocycles. The van der Waals surface area contributed by atoms with Gasteiger partial charge in [0.2, 0.25) is 0 Å². The Morgan fingerprint density at radius 1 is 1.17 bits per heavy atom. The van der Waals surface area contributed by atoms with Crippen LogP contribution in [0, 0.1) is 5.82 Å².